The van der Waals surface area contributed by atoms with Crippen LogP contribution in [0.2, 0.25) is 5.02 Å². The van der Waals surface area contributed by atoms with Gasteiger partial charge in [0.15, 0.2) is 0 Å². The zero-order valence-corrected chi connectivity index (χ0v) is 17.5. The first kappa shape index (κ1) is 21.1. The molecule has 4 amide bonds. The second-order valence-electron chi connectivity index (χ2n) is 6.64. The molecule has 0 saturated carbocycles. The van der Waals surface area contributed by atoms with E-state index in [0.717, 1.165) is 0 Å². The van der Waals surface area contributed by atoms with Crippen LogP contribution >= 0.6 is 22.9 Å². The molecule has 0 unspecified atom stereocenters. The Morgan fingerprint density at radius 1 is 1.00 bits per heavy atom. The van der Waals surface area contributed by atoms with Gasteiger partial charge >= 0.3 is 6.03 Å². The van der Waals surface area contributed by atoms with Crippen LogP contribution in [-0.4, -0.2) is 60.4 Å². The van der Waals surface area contributed by atoms with Gasteiger partial charge in [-0.15, -0.1) is 11.3 Å². The van der Waals surface area contributed by atoms with Crippen LogP contribution < -0.4 is 10.6 Å². The molecule has 1 aromatic heterocycles. The van der Waals surface area contributed by atoms with Crippen LogP contribution in [-0.2, 0) is 4.79 Å². The highest BCUT2D eigenvalue weighted by atomic mass is 35.5. The summed E-state index contributed by atoms with van der Waals surface area (Å²) < 4.78 is 0. The minimum Gasteiger partial charge on any atom is -0.351 e. The highest BCUT2D eigenvalue weighted by Gasteiger charge is 2.22. The number of urea groups is 1. The largest absolute Gasteiger partial charge is 0.351 e. The van der Waals surface area contributed by atoms with Gasteiger partial charge in [0.25, 0.3) is 5.91 Å². The summed E-state index contributed by atoms with van der Waals surface area (Å²) >= 11 is 7.23. The summed E-state index contributed by atoms with van der Waals surface area (Å²) in [5, 5.41) is 8.07. The fraction of sp³-hybridized carbons (Fsp3) is 0.350. The predicted octanol–water partition coefficient (Wildman–Crippen LogP) is 3.29. The Balaban J connectivity index is 1.42. The third-order valence-electron chi connectivity index (χ3n) is 4.60. The smallest absolute Gasteiger partial charge is 0.321 e. The Morgan fingerprint density at radius 2 is 1.72 bits per heavy atom. The van der Waals surface area contributed by atoms with Crippen molar-refractivity contribution in [1.29, 1.82) is 0 Å². The quantitative estimate of drug-likeness (QED) is 0.757. The van der Waals surface area contributed by atoms with Crippen molar-refractivity contribution in [3.63, 3.8) is 0 Å². The molecule has 2 heterocycles. The average molecular weight is 435 g/mol. The predicted molar refractivity (Wildman–Crippen MR) is 115 cm³/mol. The fourth-order valence-corrected chi connectivity index (χ4v) is 3.81. The van der Waals surface area contributed by atoms with Gasteiger partial charge in [-0.2, -0.15) is 0 Å². The van der Waals surface area contributed by atoms with E-state index < -0.39 is 0 Å². The molecule has 1 saturated heterocycles. The van der Waals surface area contributed by atoms with E-state index in [1.54, 1.807) is 40.1 Å². The van der Waals surface area contributed by atoms with Crippen LogP contribution in [0.3, 0.4) is 0 Å². The first-order valence-electron chi connectivity index (χ1n) is 9.44. The number of hydrogen-bond donors (Lipinski definition) is 2. The number of nitrogens with zero attached hydrogens (tertiary/aromatic N) is 2. The normalized spacial score (nSPS) is 14.2. The van der Waals surface area contributed by atoms with Crippen molar-refractivity contribution >= 4 is 46.5 Å². The number of amides is 4. The van der Waals surface area contributed by atoms with Gasteiger partial charge in [-0.25, -0.2) is 4.79 Å². The lowest BCUT2D eigenvalue weighted by atomic mass is 10.3. The van der Waals surface area contributed by atoms with E-state index in [2.05, 4.69) is 10.6 Å². The number of carbonyl (C=O) groups excluding carboxylic acids is 3. The second-order valence-corrected chi connectivity index (χ2v) is 8.03. The maximum atomic E-state index is 12.5. The maximum absolute atomic E-state index is 12.5. The fourth-order valence-electron chi connectivity index (χ4n) is 3.04. The van der Waals surface area contributed by atoms with E-state index in [0.29, 0.717) is 54.7 Å². The lowest BCUT2D eigenvalue weighted by molar-refractivity contribution is -0.130. The average Bonchev–Trinajstić information content (AvgIpc) is 3.14. The molecule has 1 aromatic carbocycles. The van der Waals surface area contributed by atoms with E-state index in [-0.39, 0.29) is 24.3 Å². The van der Waals surface area contributed by atoms with Crippen LogP contribution in [0.4, 0.5) is 10.5 Å². The summed E-state index contributed by atoms with van der Waals surface area (Å²) in [6.07, 6.45) is 0.954. The van der Waals surface area contributed by atoms with E-state index in [9.17, 15) is 14.4 Å². The third-order valence-corrected chi connectivity index (χ3v) is 5.72. The number of benzene rings is 1. The summed E-state index contributed by atoms with van der Waals surface area (Å²) in [5.74, 6) is -0.176. The van der Waals surface area contributed by atoms with Crippen LogP contribution in [0.15, 0.2) is 41.8 Å². The topological polar surface area (TPSA) is 81.8 Å². The number of anilines is 1. The van der Waals surface area contributed by atoms with Crippen LogP contribution in [0, 0.1) is 0 Å². The Morgan fingerprint density at radius 3 is 2.45 bits per heavy atom. The van der Waals surface area contributed by atoms with Crippen molar-refractivity contribution < 1.29 is 14.4 Å². The summed E-state index contributed by atoms with van der Waals surface area (Å²) in [5.41, 5.74) is 0.679. The van der Waals surface area contributed by atoms with Crippen LogP contribution in [0.1, 0.15) is 22.5 Å². The van der Waals surface area contributed by atoms with Gasteiger partial charge < -0.3 is 20.4 Å². The zero-order valence-electron chi connectivity index (χ0n) is 15.9. The highest BCUT2D eigenvalue weighted by molar-refractivity contribution is 7.12. The minimum absolute atomic E-state index is 0.0172. The zero-order chi connectivity index (χ0) is 20.6. The molecule has 3 rings (SSSR count). The molecule has 1 aliphatic heterocycles. The third kappa shape index (κ3) is 6.20. The van der Waals surface area contributed by atoms with Gasteiger partial charge in [0, 0.05) is 49.9 Å². The van der Waals surface area contributed by atoms with Crippen molar-refractivity contribution in [3.8, 4) is 0 Å². The molecule has 154 valence electrons. The minimum atomic E-state index is -0.190. The first-order valence-corrected chi connectivity index (χ1v) is 10.7. The van der Waals surface area contributed by atoms with Crippen molar-refractivity contribution in [3.05, 3.63) is 51.7 Å². The molecule has 1 aliphatic rings. The van der Waals surface area contributed by atoms with Gasteiger partial charge in [-0.1, -0.05) is 17.7 Å². The summed E-state index contributed by atoms with van der Waals surface area (Å²) in [6.45, 7) is 2.42. The standard InChI is InChI=1S/C20H23ClN4O3S/c21-15-4-6-16(7-5-15)23-20(28)25-11-2-10-24(12-13-25)18(26)8-9-22-19(27)17-3-1-14-29-17/h1,3-7,14H,2,8-13H2,(H,22,27)(H,23,28). The number of thiophene rings is 1. The number of halogens is 1. The Hall–Kier alpha value is -2.58. The molecule has 1 fully saturated rings. The Labute approximate surface area is 178 Å². The molecular formula is C20H23ClN4O3S. The summed E-state index contributed by atoms with van der Waals surface area (Å²) in [6, 6.07) is 10.3. The molecule has 29 heavy (non-hydrogen) atoms. The maximum Gasteiger partial charge on any atom is 0.321 e. The summed E-state index contributed by atoms with van der Waals surface area (Å²) in [7, 11) is 0. The highest BCUT2D eigenvalue weighted by Crippen LogP contribution is 2.15. The van der Waals surface area contributed by atoms with Gasteiger partial charge in [-0.05, 0) is 42.1 Å². The molecule has 0 radical (unpaired) electrons. The molecule has 2 N–H and O–H groups in total. The van der Waals surface area contributed by atoms with Crippen molar-refractivity contribution in [2.45, 2.75) is 12.8 Å². The number of carbonyl (C=O) groups is 3. The van der Waals surface area contributed by atoms with E-state index >= 15 is 0 Å². The van der Waals surface area contributed by atoms with E-state index in [4.69, 9.17) is 11.6 Å². The van der Waals surface area contributed by atoms with Crippen molar-refractivity contribution in [2.75, 3.05) is 38.0 Å². The summed E-state index contributed by atoms with van der Waals surface area (Å²) in [4.78, 5) is 41.0. The number of nitrogens with one attached hydrogen (secondary N) is 2. The molecule has 0 atom stereocenters. The SMILES string of the molecule is O=C(NCCC(=O)N1CCCN(C(=O)Nc2ccc(Cl)cc2)CC1)c1cccs1. The lowest BCUT2D eigenvalue weighted by Crippen LogP contribution is -2.40. The van der Waals surface area contributed by atoms with E-state index in [1.807, 2.05) is 11.4 Å². The number of rotatable bonds is 5. The lowest BCUT2D eigenvalue weighted by Gasteiger charge is -2.22. The molecule has 9 heteroatoms. The van der Waals surface area contributed by atoms with Gasteiger partial charge in [0.2, 0.25) is 5.91 Å². The molecule has 0 aliphatic carbocycles. The van der Waals surface area contributed by atoms with E-state index in [1.165, 1.54) is 11.3 Å². The van der Waals surface area contributed by atoms with Gasteiger partial charge in [-0.3, -0.25) is 9.59 Å². The van der Waals surface area contributed by atoms with Gasteiger partial charge in [0.05, 0.1) is 4.88 Å². The second kappa shape index (κ2) is 10.3. The van der Waals surface area contributed by atoms with Gasteiger partial charge in [0.1, 0.15) is 0 Å². The monoisotopic (exact) mass is 434 g/mol. The number of hydrogen-bond acceptors (Lipinski definition) is 4. The molecular weight excluding hydrogens is 412 g/mol. The Bertz CT molecular complexity index is 842. The van der Waals surface area contributed by atoms with Crippen LogP contribution in [0.5, 0.6) is 0 Å². The molecule has 0 spiro atoms. The van der Waals surface area contributed by atoms with Crippen molar-refractivity contribution in [1.82, 2.24) is 15.1 Å². The Kier molecular flexibility index (Phi) is 7.48. The molecule has 7 nitrogen and oxygen atoms in total. The first-order chi connectivity index (χ1) is 14.0. The van der Waals surface area contributed by atoms with Crippen molar-refractivity contribution in [2.24, 2.45) is 0 Å². The van der Waals surface area contributed by atoms with Crippen LogP contribution in [0.25, 0.3) is 0 Å². The molecule has 0 bridgehead atoms. The molecule has 2 aromatic rings.